The fraction of sp³-hybridized carbons (Fsp3) is 0.222. The van der Waals surface area contributed by atoms with Crippen molar-refractivity contribution in [2.75, 3.05) is 6.54 Å². The molecule has 8 heteroatoms. The van der Waals surface area contributed by atoms with E-state index < -0.39 is 23.8 Å². The van der Waals surface area contributed by atoms with E-state index in [1.807, 2.05) is 29.6 Å². The van der Waals surface area contributed by atoms with Crippen LogP contribution in [-0.4, -0.2) is 40.4 Å². The van der Waals surface area contributed by atoms with Crippen LogP contribution < -0.4 is 5.32 Å². The van der Waals surface area contributed by atoms with Crippen molar-refractivity contribution in [3.05, 3.63) is 47.4 Å². The molecule has 2 aromatic rings. The van der Waals surface area contributed by atoms with Crippen molar-refractivity contribution in [1.29, 1.82) is 5.26 Å². The first kappa shape index (κ1) is 19.1. The molecule has 1 atom stereocenters. The Kier molecular flexibility index (Phi) is 6.47. The van der Waals surface area contributed by atoms with Crippen LogP contribution in [0.4, 0.5) is 0 Å². The number of hydrogen-bond donors (Lipinski definition) is 2. The summed E-state index contributed by atoms with van der Waals surface area (Å²) in [4.78, 5) is 36.0. The lowest BCUT2D eigenvalue weighted by Crippen LogP contribution is -2.48. The Labute approximate surface area is 154 Å². The molecule has 1 aromatic heterocycles. The molecule has 2 N–H and O–H groups in total. The van der Waals surface area contributed by atoms with Gasteiger partial charge in [0.05, 0.1) is 0 Å². The van der Waals surface area contributed by atoms with Crippen LogP contribution in [0.2, 0.25) is 0 Å². The van der Waals surface area contributed by atoms with Crippen LogP contribution in [0.25, 0.3) is 10.1 Å². The summed E-state index contributed by atoms with van der Waals surface area (Å²) in [6.07, 6.45) is 3.53. The Hall–Kier alpha value is -3.18. The number of likely N-dealkylation sites (N-methyl/N-ethyl adjacent to an activating group) is 1. The number of carboxylic acid groups (broad SMARTS) is 1. The van der Waals surface area contributed by atoms with E-state index in [4.69, 9.17) is 10.4 Å². The maximum atomic E-state index is 12.6. The largest absolute Gasteiger partial charge is 0.478 e. The van der Waals surface area contributed by atoms with E-state index in [0.29, 0.717) is 6.08 Å². The first-order valence-electron chi connectivity index (χ1n) is 7.84. The predicted octanol–water partition coefficient (Wildman–Crippen LogP) is 1.90. The first-order chi connectivity index (χ1) is 12.5. The molecule has 0 bridgehead atoms. The Bertz CT molecular complexity index is 897. The molecule has 0 spiro atoms. The van der Waals surface area contributed by atoms with Crippen LogP contribution in [0, 0.1) is 11.5 Å². The smallest absolute Gasteiger partial charge is 0.328 e. The van der Waals surface area contributed by atoms with Gasteiger partial charge < -0.3 is 10.4 Å². The number of amides is 2. The molecule has 7 nitrogen and oxygen atoms in total. The average Bonchev–Trinajstić information content (AvgIpc) is 3.03. The molecular weight excluding hydrogens is 354 g/mol. The standard InChI is InChI=1S/C18H17N3O4S/c1-2-21(11-19)18(25)14(20-16(22)7-8-17(23)24)9-12-10-26-15-6-4-3-5-13(12)15/h3-8,10,14H,2,9H2,1H3,(H,20,22)(H,23,24)/b8-7+. The zero-order valence-electron chi connectivity index (χ0n) is 14.0. The third-order valence-electron chi connectivity index (χ3n) is 3.68. The van der Waals surface area contributed by atoms with Gasteiger partial charge in [-0.2, -0.15) is 5.26 Å². The minimum absolute atomic E-state index is 0.178. The van der Waals surface area contributed by atoms with E-state index in [1.165, 1.54) is 11.3 Å². The van der Waals surface area contributed by atoms with E-state index >= 15 is 0 Å². The van der Waals surface area contributed by atoms with Crippen LogP contribution in [0.1, 0.15) is 12.5 Å². The quantitative estimate of drug-likeness (QED) is 0.439. The van der Waals surface area contributed by atoms with Gasteiger partial charge in [0.25, 0.3) is 5.91 Å². The van der Waals surface area contributed by atoms with Gasteiger partial charge >= 0.3 is 5.97 Å². The number of benzene rings is 1. The highest BCUT2D eigenvalue weighted by atomic mass is 32.1. The number of aliphatic carboxylic acids is 1. The van der Waals surface area contributed by atoms with Gasteiger partial charge in [-0.1, -0.05) is 18.2 Å². The molecule has 0 fully saturated rings. The number of nitriles is 1. The molecule has 26 heavy (non-hydrogen) atoms. The third-order valence-corrected chi connectivity index (χ3v) is 4.69. The van der Waals surface area contributed by atoms with E-state index in [9.17, 15) is 14.4 Å². The van der Waals surface area contributed by atoms with Crippen molar-refractivity contribution >= 4 is 39.2 Å². The summed E-state index contributed by atoms with van der Waals surface area (Å²) >= 11 is 1.53. The van der Waals surface area contributed by atoms with Crippen molar-refractivity contribution in [3.8, 4) is 6.19 Å². The van der Waals surface area contributed by atoms with Crippen molar-refractivity contribution in [1.82, 2.24) is 10.2 Å². The van der Waals surface area contributed by atoms with Gasteiger partial charge in [0.1, 0.15) is 6.04 Å². The molecule has 0 saturated carbocycles. The summed E-state index contributed by atoms with van der Waals surface area (Å²) in [5.74, 6) is -2.51. The van der Waals surface area contributed by atoms with Crippen LogP contribution in [0.3, 0.4) is 0 Å². The molecule has 2 rings (SSSR count). The van der Waals surface area contributed by atoms with Crippen LogP contribution in [-0.2, 0) is 20.8 Å². The Balaban J connectivity index is 2.28. The lowest BCUT2D eigenvalue weighted by atomic mass is 10.0. The highest BCUT2D eigenvalue weighted by Gasteiger charge is 2.26. The number of hydrogen-bond acceptors (Lipinski definition) is 5. The molecule has 134 valence electrons. The van der Waals surface area contributed by atoms with Crippen LogP contribution in [0.15, 0.2) is 41.8 Å². The Morgan fingerprint density at radius 1 is 1.35 bits per heavy atom. The minimum atomic E-state index is -1.26. The second-order valence-electron chi connectivity index (χ2n) is 5.38. The molecule has 0 aliphatic heterocycles. The lowest BCUT2D eigenvalue weighted by molar-refractivity contribution is -0.132. The van der Waals surface area contributed by atoms with Crippen LogP contribution >= 0.6 is 11.3 Å². The maximum absolute atomic E-state index is 12.6. The zero-order valence-corrected chi connectivity index (χ0v) is 14.8. The average molecular weight is 371 g/mol. The van der Waals surface area contributed by atoms with E-state index in [-0.39, 0.29) is 13.0 Å². The summed E-state index contributed by atoms with van der Waals surface area (Å²) < 4.78 is 1.05. The van der Waals surface area contributed by atoms with Crippen molar-refractivity contribution in [2.24, 2.45) is 0 Å². The summed E-state index contributed by atoms with van der Waals surface area (Å²) in [6.45, 7) is 1.83. The van der Waals surface area contributed by atoms with Gasteiger partial charge in [-0.3, -0.25) is 9.59 Å². The fourth-order valence-corrected chi connectivity index (χ4v) is 3.42. The van der Waals surface area contributed by atoms with Gasteiger partial charge in [-0.15, -0.1) is 11.3 Å². The highest BCUT2D eigenvalue weighted by molar-refractivity contribution is 7.17. The van der Waals surface area contributed by atoms with Crippen molar-refractivity contribution in [2.45, 2.75) is 19.4 Å². The number of carbonyl (C=O) groups excluding carboxylic acids is 2. The number of thiophene rings is 1. The fourth-order valence-electron chi connectivity index (χ4n) is 2.44. The Morgan fingerprint density at radius 3 is 2.73 bits per heavy atom. The molecule has 1 heterocycles. The summed E-state index contributed by atoms with van der Waals surface area (Å²) in [6, 6.07) is 6.72. The molecule has 1 aromatic carbocycles. The number of nitrogens with zero attached hydrogens (tertiary/aromatic N) is 2. The summed E-state index contributed by atoms with van der Waals surface area (Å²) in [5, 5.41) is 23.1. The summed E-state index contributed by atoms with van der Waals surface area (Å²) in [5.41, 5.74) is 0.875. The number of rotatable bonds is 7. The first-order valence-corrected chi connectivity index (χ1v) is 8.72. The van der Waals surface area contributed by atoms with Gasteiger partial charge in [0, 0.05) is 29.8 Å². The second kappa shape index (κ2) is 8.78. The molecule has 0 aliphatic rings. The molecule has 2 amide bonds. The normalized spacial score (nSPS) is 11.8. The number of carbonyl (C=O) groups is 3. The third kappa shape index (κ3) is 4.68. The van der Waals surface area contributed by atoms with Crippen molar-refractivity contribution in [3.63, 3.8) is 0 Å². The van der Waals surface area contributed by atoms with E-state index in [2.05, 4.69) is 5.32 Å². The number of nitrogens with one attached hydrogen (secondary N) is 1. The van der Waals surface area contributed by atoms with Gasteiger partial charge in [-0.05, 0) is 29.3 Å². The molecule has 0 saturated heterocycles. The number of carboxylic acids is 1. The monoisotopic (exact) mass is 371 g/mol. The van der Waals surface area contributed by atoms with Gasteiger partial charge in [-0.25, -0.2) is 9.69 Å². The second-order valence-corrected chi connectivity index (χ2v) is 6.29. The topological polar surface area (TPSA) is 111 Å². The summed E-state index contributed by atoms with van der Waals surface area (Å²) in [7, 11) is 0. The van der Waals surface area contributed by atoms with Gasteiger partial charge in [0.2, 0.25) is 5.91 Å². The molecule has 0 radical (unpaired) electrons. The minimum Gasteiger partial charge on any atom is -0.478 e. The van der Waals surface area contributed by atoms with Gasteiger partial charge in [0.15, 0.2) is 6.19 Å². The van der Waals surface area contributed by atoms with Crippen molar-refractivity contribution < 1.29 is 19.5 Å². The zero-order chi connectivity index (χ0) is 19.1. The molecule has 1 unspecified atom stereocenters. The van der Waals surface area contributed by atoms with E-state index in [1.54, 1.807) is 13.1 Å². The maximum Gasteiger partial charge on any atom is 0.328 e. The predicted molar refractivity (Wildman–Crippen MR) is 97.2 cm³/mol. The highest BCUT2D eigenvalue weighted by Crippen LogP contribution is 2.26. The lowest BCUT2D eigenvalue weighted by Gasteiger charge is -2.21. The SMILES string of the molecule is CCN(C#N)C(=O)C(Cc1csc2ccccc12)NC(=O)/C=C/C(=O)O. The Morgan fingerprint density at radius 2 is 2.08 bits per heavy atom. The molecular formula is C18H17N3O4S. The molecule has 0 aliphatic carbocycles. The van der Waals surface area contributed by atoms with E-state index in [0.717, 1.165) is 26.6 Å². The van der Waals surface area contributed by atoms with Crippen LogP contribution in [0.5, 0.6) is 0 Å². The number of fused-ring (bicyclic) bond motifs is 1.